The SMILES string of the molecule is C=C=CCC=C1CCc2ccc3c(c21)CCO3. The van der Waals surface area contributed by atoms with Crippen molar-refractivity contribution < 1.29 is 4.74 Å². The highest BCUT2D eigenvalue weighted by Gasteiger charge is 2.24. The van der Waals surface area contributed by atoms with Crippen molar-refractivity contribution in [2.75, 3.05) is 6.61 Å². The summed E-state index contributed by atoms with van der Waals surface area (Å²) in [6, 6.07) is 4.36. The van der Waals surface area contributed by atoms with E-state index in [0.717, 1.165) is 31.6 Å². The van der Waals surface area contributed by atoms with Gasteiger partial charge in [0.2, 0.25) is 0 Å². The number of hydrogen-bond donors (Lipinski definition) is 0. The maximum atomic E-state index is 5.64. The Bertz CT molecular complexity index is 531. The maximum absolute atomic E-state index is 5.64. The number of fused-ring (bicyclic) bond motifs is 3. The Labute approximate surface area is 102 Å². The number of rotatable bonds is 2. The van der Waals surface area contributed by atoms with Crippen molar-refractivity contribution in [3.63, 3.8) is 0 Å². The molecule has 0 saturated heterocycles. The molecule has 0 amide bonds. The summed E-state index contributed by atoms with van der Waals surface area (Å²) in [4.78, 5) is 0. The van der Waals surface area contributed by atoms with Crippen LogP contribution in [-0.2, 0) is 12.8 Å². The first kappa shape index (κ1) is 10.4. The van der Waals surface area contributed by atoms with Crippen molar-refractivity contribution in [1.82, 2.24) is 0 Å². The van der Waals surface area contributed by atoms with Gasteiger partial charge in [0, 0.05) is 12.0 Å². The summed E-state index contributed by atoms with van der Waals surface area (Å²) in [5.41, 5.74) is 8.69. The summed E-state index contributed by atoms with van der Waals surface area (Å²) in [5, 5.41) is 0. The van der Waals surface area contributed by atoms with Gasteiger partial charge >= 0.3 is 0 Å². The molecule has 0 unspecified atom stereocenters. The molecule has 1 aliphatic heterocycles. The van der Waals surface area contributed by atoms with Crippen molar-refractivity contribution in [3.8, 4) is 5.75 Å². The summed E-state index contributed by atoms with van der Waals surface area (Å²) in [5.74, 6) is 1.09. The number of benzene rings is 1. The topological polar surface area (TPSA) is 9.23 Å². The van der Waals surface area contributed by atoms with E-state index < -0.39 is 0 Å². The minimum Gasteiger partial charge on any atom is -0.493 e. The minimum absolute atomic E-state index is 0.839. The standard InChI is InChI=1S/C16H16O/c1-2-3-4-5-12-6-7-13-8-9-15-14(16(12)13)10-11-17-15/h3,5,8-9H,1,4,6-7,10-11H2. The zero-order chi connectivity index (χ0) is 11.7. The first-order valence-electron chi connectivity index (χ1n) is 6.21. The van der Waals surface area contributed by atoms with Crippen LogP contribution in [0.5, 0.6) is 5.75 Å². The molecule has 3 rings (SSSR count). The van der Waals surface area contributed by atoms with Crippen LogP contribution in [0.2, 0.25) is 0 Å². The van der Waals surface area contributed by atoms with E-state index in [1.165, 1.54) is 28.7 Å². The van der Waals surface area contributed by atoms with E-state index >= 15 is 0 Å². The van der Waals surface area contributed by atoms with E-state index in [0.29, 0.717) is 0 Å². The van der Waals surface area contributed by atoms with E-state index in [-0.39, 0.29) is 0 Å². The molecule has 1 heteroatoms. The van der Waals surface area contributed by atoms with Crippen molar-refractivity contribution in [2.45, 2.75) is 25.7 Å². The predicted octanol–water partition coefficient (Wildman–Crippen LogP) is 3.68. The third kappa shape index (κ3) is 1.73. The van der Waals surface area contributed by atoms with Gasteiger partial charge in [-0.25, -0.2) is 0 Å². The first-order valence-corrected chi connectivity index (χ1v) is 6.21. The van der Waals surface area contributed by atoms with Crippen LogP contribution in [0, 0.1) is 0 Å². The van der Waals surface area contributed by atoms with E-state index in [1.54, 1.807) is 0 Å². The second kappa shape index (κ2) is 4.27. The second-order valence-corrected chi connectivity index (χ2v) is 4.55. The third-order valence-corrected chi connectivity index (χ3v) is 3.58. The molecule has 0 saturated carbocycles. The van der Waals surface area contributed by atoms with E-state index in [2.05, 4.69) is 30.5 Å². The van der Waals surface area contributed by atoms with Gasteiger partial charge in [0.1, 0.15) is 5.75 Å². The molecule has 2 aliphatic rings. The Morgan fingerprint density at radius 2 is 2.24 bits per heavy atom. The highest BCUT2D eigenvalue weighted by Crippen LogP contribution is 2.41. The summed E-state index contributed by atoms with van der Waals surface area (Å²) < 4.78 is 5.64. The largest absolute Gasteiger partial charge is 0.493 e. The number of ether oxygens (including phenoxy) is 1. The van der Waals surface area contributed by atoms with Crippen LogP contribution in [0.4, 0.5) is 0 Å². The Morgan fingerprint density at radius 3 is 3.12 bits per heavy atom. The molecule has 0 aromatic heterocycles. The van der Waals surface area contributed by atoms with Gasteiger partial charge in [-0.15, -0.1) is 5.73 Å². The van der Waals surface area contributed by atoms with Crippen molar-refractivity contribution in [3.05, 3.63) is 53.3 Å². The van der Waals surface area contributed by atoms with Crippen LogP contribution in [0.3, 0.4) is 0 Å². The quantitative estimate of drug-likeness (QED) is 0.696. The highest BCUT2D eigenvalue weighted by atomic mass is 16.5. The summed E-state index contributed by atoms with van der Waals surface area (Å²) in [7, 11) is 0. The highest BCUT2D eigenvalue weighted by molar-refractivity contribution is 5.77. The predicted molar refractivity (Wildman–Crippen MR) is 70.3 cm³/mol. The lowest BCUT2D eigenvalue weighted by atomic mass is 9.98. The van der Waals surface area contributed by atoms with E-state index in [4.69, 9.17) is 4.74 Å². The van der Waals surface area contributed by atoms with Gasteiger partial charge in [0.05, 0.1) is 6.61 Å². The molecule has 17 heavy (non-hydrogen) atoms. The lowest BCUT2D eigenvalue weighted by Crippen LogP contribution is -1.89. The van der Waals surface area contributed by atoms with E-state index in [1.807, 2.05) is 6.08 Å². The molecule has 1 aliphatic carbocycles. The molecule has 86 valence electrons. The molecule has 0 atom stereocenters. The molecule has 0 N–H and O–H groups in total. The molecule has 1 aromatic rings. The Kier molecular flexibility index (Phi) is 2.62. The van der Waals surface area contributed by atoms with Gasteiger partial charge in [-0.05, 0) is 48.1 Å². The van der Waals surface area contributed by atoms with Crippen LogP contribution in [0.15, 0.2) is 36.6 Å². The normalized spacial score (nSPS) is 18.5. The van der Waals surface area contributed by atoms with Gasteiger partial charge < -0.3 is 4.74 Å². The monoisotopic (exact) mass is 224 g/mol. The van der Waals surface area contributed by atoms with Crippen LogP contribution in [0.25, 0.3) is 5.57 Å². The molecule has 0 radical (unpaired) electrons. The van der Waals surface area contributed by atoms with E-state index in [9.17, 15) is 0 Å². The number of allylic oxidation sites excluding steroid dienone is 3. The van der Waals surface area contributed by atoms with Gasteiger partial charge in [0.25, 0.3) is 0 Å². The molecule has 0 bridgehead atoms. The average Bonchev–Trinajstić information content (AvgIpc) is 2.94. The first-order chi connectivity index (χ1) is 8.40. The van der Waals surface area contributed by atoms with Crippen LogP contribution in [-0.4, -0.2) is 6.61 Å². The molecule has 1 heterocycles. The van der Waals surface area contributed by atoms with Gasteiger partial charge in [-0.1, -0.05) is 18.7 Å². The molecular weight excluding hydrogens is 208 g/mol. The average molecular weight is 224 g/mol. The third-order valence-electron chi connectivity index (χ3n) is 3.58. The fraction of sp³-hybridized carbons (Fsp3) is 0.312. The second-order valence-electron chi connectivity index (χ2n) is 4.55. The number of aryl methyl sites for hydroxylation is 1. The molecular formula is C16H16O. The number of hydrogen-bond acceptors (Lipinski definition) is 1. The zero-order valence-corrected chi connectivity index (χ0v) is 9.96. The molecule has 0 fully saturated rings. The summed E-state index contributed by atoms with van der Waals surface area (Å²) in [6.07, 6.45) is 8.62. The Hall–Kier alpha value is -1.72. The lowest BCUT2D eigenvalue weighted by Gasteiger charge is -2.07. The van der Waals surface area contributed by atoms with Crippen molar-refractivity contribution in [2.24, 2.45) is 0 Å². The lowest BCUT2D eigenvalue weighted by molar-refractivity contribution is 0.357. The van der Waals surface area contributed by atoms with Gasteiger partial charge in [-0.3, -0.25) is 0 Å². The Balaban J connectivity index is 2.03. The van der Waals surface area contributed by atoms with Crippen LogP contribution >= 0.6 is 0 Å². The van der Waals surface area contributed by atoms with Gasteiger partial charge in [0.15, 0.2) is 0 Å². The Morgan fingerprint density at radius 1 is 1.29 bits per heavy atom. The van der Waals surface area contributed by atoms with Crippen LogP contribution < -0.4 is 4.74 Å². The van der Waals surface area contributed by atoms with Crippen LogP contribution in [0.1, 0.15) is 29.5 Å². The smallest absolute Gasteiger partial charge is 0.123 e. The van der Waals surface area contributed by atoms with Crippen molar-refractivity contribution >= 4 is 5.57 Å². The maximum Gasteiger partial charge on any atom is 0.123 e. The summed E-state index contributed by atoms with van der Waals surface area (Å²) in [6.45, 7) is 4.44. The molecule has 1 aromatic carbocycles. The van der Waals surface area contributed by atoms with Crippen molar-refractivity contribution in [1.29, 1.82) is 0 Å². The summed E-state index contributed by atoms with van der Waals surface area (Å²) >= 11 is 0. The fourth-order valence-corrected chi connectivity index (χ4v) is 2.82. The zero-order valence-electron chi connectivity index (χ0n) is 9.96. The fourth-order valence-electron chi connectivity index (χ4n) is 2.82. The molecule has 0 spiro atoms. The minimum atomic E-state index is 0.839. The van der Waals surface area contributed by atoms with Gasteiger partial charge in [-0.2, -0.15) is 0 Å². The molecule has 1 nitrogen and oxygen atoms in total.